The lowest BCUT2D eigenvalue weighted by atomic mass is 10.3. The lowest BCUT2D eigenvalue weighted by Gasteiger charge is -2.12. The van der Waals surface area contributed by atoms with E-state index in [9.17, 15) is 13.6 Å². The maximum absolute atomic E-state index is 13.1. The van der Waals surface area contributed by atoms with Gasteiger partial charge in [0.05, 0.1) is 18.3 Å². The summed E-state index contributed by atoms with van der Waals surface area (Å²) in [7, 11) is 0. The highest BCUT2D eigenvalue weighted by Crippen LogP contribution is 2.16. The molecule has 0 aliphatic carbocycles. The van der Waals surface area contributed by atoms with Crippen molar-refractivity contribution in [3.05, 3.63) is 29.8 Å². The predicted molar refractivity (Wildman–Crippen MR) is 55.1 cm³/mol. The van der Waals surface area contributed by atoms with Gasteiger partial charge in [-0.1, -0.05) is 6.07 Å². The second kappa shape index (κ2) is 5.41. The SMILES string of the molecule is CC(CO)NC(=O)Nc1cccc(F)c1F. The van der Waals surface area contributed by atoms with Crippen LogP contribution in [-0.2, 0) is 0 Å². The molecule has 2 amide bonds. The molecule has 16 heavy (non-hydrogen) atoms. The molecule has 0 spiro atoms. The number of carbonyl (C=O) groups excluding carboxylic acids is 1. The zero-order valence-electron chi connectivity index (χ0n) is 8.63. The molecule has 0 saturated carbocycles. The van der Waals surface area contributed by atoms with E-state index in [2.05, 4.69) is 10.6 Å². The van der Waals surface area contributed by atoms with Gasteiger partial charge in [-0.05, 0) is 19.1 Å². The summed E-state index contributed by atoms with van der Waals surface area (Å²) in [6.07, 6.45) is 0. The van der Waals surface area contributed by atoms with E-state index in [0.717, 1.165) is 6.07 Å². The van der Waals surface area contributed by atoms with Crippen LogP contribution in [0.3, 0.4) is 0 Å². The first kappa shape index (κ1) is 12.4. The van der Waals surface area contributed by atoms with Crippen LogP contribution in [0, 0.1) is 11.6 Å². The number of aliphatic hydroxyl groups excluding tert-OH is 1. The fraction of sp³-hybridized carbons (Fsp3) is 0.300. The second-order valence-electron chi connectivity index (χ2n) is 3.28. The van der Waals surface area contributed by atoms with Gasteiger partial charge in [0.15, 0.2) is 11.6 Å². The van der Waals surface area contributed by atoms with E-state index in [4.69, 9.17) is 5.11 Å². The molecule has 0 aliphatic rings. The van der Waals surface area contributed by atoms with Crippen LogP contribution < -0.4 is 10.6 Å². The molecule has 1 rings (SSSR count). The molecule has 0 saturated heterocycles. The maximum atomic E-state index is 13.1. The fourth-order valence-corrected chi connectivity index (χ4v) is 1.03. The molecule has 0 fully saturated rings. The smallest absolute Gasteiger partial charge is 0.319 e. The lowest BCUT2D eigenvalue weighted by Crippen LogP contribution is -2.38. The molecule has 0 radical (unpaired) electrons. The predicted octanol–water partition coefficient (Wildman–Crippen LogP) is 1.47. The van der Waals surface area contributed by atoms with E-state index < -0.39 is 23.7 Å². The Morgan fingerprint density at radius 3 is 2.81 bits per heavy atom. The summed E-state index contributed by atoms with van der Waals surface area (Å²) in [6, 6.07) is 2.31. The first-order chi connectivity index (χ1) is 7.54. The number of urea groups is 1. The minimum atomic E-state index is -1.12. The number of anilines is 1. The van der Waals surface area contributed by atoms with Crippen molar-refractivity contribution in [2.45, 2.75) is 13.0 Å². The number of halogens is 2. The normalized spacial score (nSPS) is 12.0. The Balaban J connectivity index is 2.66. The van der Waals surface area contributed by atoms with Crippen molar-refractivity contribution in [1.82, 2.24) is 5.32 Å². The van der Waals surface area contributed by atoms with Crippen molar-refractivity contribution in [3.63, 3.8) is 0 Å². The first-order valence-electron chi connectivity index (χ1n) is 4.67. The van der Waals surface area contributed by atoms with Crippen LogP contribution in [-0.4, -0.2) is 23.8 Å². The number of hydrogen-bond donors (Lipinski definition) is 3. The van der Waals surface area contributed by atoms with Gasteiger partial charge in [-0.15, -0.1) is 0 Å². The third kappa shape index (κ3) is 3.16. The number of aliphatic hydroxyl groups is 1. The zero-order chi connectivity index (χ0) is 12.1. The summed E-state index contributed by atoms with van der Waals surface area (Å²) in [6.45, 7) is 1.33. The zero-order valence-corrected chi connectivity index (χ0v) is 8.63. The van der Waals surface area contributed by atoms with E-state index in [1.54, 1.807) is 6.92 Å². The highest BCUT2D eigenvalue weighted by Gasteiger charge is 2.11. The Hall–Kier alpha value is -1.69. The summed E-state index contributed by atoms with van der Waals surface area (Å²) in [4.78, 5) is 11.2. The van der Waals surface area contributed by atoms with E-state index in [0.29, 0.717) is 0 Å². The summed E-state index contributed by atoms with van der Waals surface area (Å²) in [5.41, 5.74) is -0.248. The van der Waals surface area contributed by atoms with Crippen LogP contribution >= 0.6 is 0 Å². The van der Waals surface area contributed by atoms with Crippen molar-refractivity contribution >= 4 is 11.7 Å². The summed E-state index contributed by atoms with van der Waals surface area (Å²) < 4.78 is 25.9. The van der Waals surface area contributed by atoms with Crippen LogP contribution in [0.15, 0.2) is 18.2 Å². The number of carbonyl (C=O) groups is 1. The van der Waals surface area contributed by atoms with Crippen LogP contribution in [0.5, 0.6) is 0 Å². The molecule has 6 heteroatoms. The van der Waals surface area contributed by atoms with E-state index in [1.165, 1.54) is 12.1 Å². The fourth-order valence-electron chi connectivity index (χ4n) is 1.03. The Kier molecular flexibility index (Phi) is 4.19. The summed E-state index contributed by atoms with van der Waals surface area (Å²) in [5.74, 6) is -2.15. The van der Waals surface area contributed by atoms with Gasteiger partial charge in [-0.3, -0.25) is 0 Å². The molecule has 1 aromatic rings. The van der Waals surface area contributed by atoms with E-state index in [-0.39, 0.29) is 12.3 Å². The second-order valence-corrected chi connectivity index (χ2v) is 3.28. The largest absolute Gasteiger partial charge is 0.394 e. The summed E-state index contributed by atoms with van der Waals surface area (Å²) in [5, 5.41) is 13.1. The topological polar surface area (TPSA) is 61.4 Å². The quantitative estimate of drug-likeness (QED) is 0.736. The van der Waals surface area contributed by atoms with Gasteiger partial charge in [0, 0.05) is 0 Å². The van der Waals surface area contributed by atoms with Gasteiger partial charge in [-0.25, -0.2) is 13.6 Å². The van der Waals surface area contributed by atoms with Crippen LogP contribution in [0.25, 0.3) is 0 Å². The molecular formula is C10H12F2N2O2. The highest BCUT2D eigenvalue weighted by molar-refractivity contribution is 5.89. The average Bonchev–Trinajstić information content (AvgIpc) is 2.24. The molecular weight excluding hydrogens is 218 g/mol. The monoisotopic (exact) mass is 230 g/mol. The molecule has 0 heterocycles. The standard InChI is InChI=1S/C10H12F2N2O2/c1-6(5-15)13-10(16)14-8-4-2-3-7(11)9(8)12/h2-4,6,15H,5H2,1H3,(H2,13,14,16). The summed E-state index contributed by atoms with van der Waals surface area (Å²) >= 11 is 0. The Morgan fingerprint density at radius 2 is 2.19 bits per heavy atom. The molecule has 4 nitrogen and oxygen atoms in total. The lowest BCUT2D eigenvalue weighted by molar-refractivity contribution is 0.229. The van der Waals surface area contributed by atoms with Crippen molar-refractivity contribution in [2.75, 3.05) is 11.9 Å². The molecule has 0 bridgehead atoms. The van der Waals surface area contributed by atoms with Gasteiger partial charge in [0.2, 0.25) is 0 Å². The Morgan fingerprint density at radius 1 is 1.50 bits per heavy atom. The molecule has 0 aliphatic heterocycles. The molecule has 1 atom stereocenters. The Labute approximate surface area is 91.3 Å². The van der Waals surface area contributed by atoms with Gasteiger partial charge in [0.25, 0.3) is 0 Å². The van der Waals surface area contributed by atoms with Crippen LogP contribution in [0.1, 0.15) is 6.92 Å². The van der Waals surface area contributed by atoms with E-state index in [1.807, 2.05) is 0 Å². The third-order valence-electron chi connectivity index (χ3n) is 1.85. The molecule has 0 aromatic heterocycles. The molecule has 3 N–H and O–H groups in total. The number of amides is 2. The van der Waals surface area contributed by atoms with Crippen molar-refractivity contribution < 1.29 is 18.7 Å². The average molecular weight is 230 g/mol. The van der Waals surface area contributed by atoms with Crippen LogP contribution in [0.2, 0.25) is 0 Å². The highest BCUT2D eigenvalue weighted by atomic mass is 19.2. The minimum absolute atomic E-state index is 0.237. The van der Waals surface area contributed by atoms with Gasteiger partial charge < -0.3 is 15.7 Å². The number of benzene rings is 1. The van der Waals surface area contributed by atoms with Gasteiger partial charge >= 0.3 is 6.03 Å². The maximum Gasteiger partial charge on any atom is 0.319 e. The molecule has 1 aromatic carbocycles. The number of rotatable bonds is 3. The first-order valence-corrected chi connectivity index (χ1v) is 4.67. The third-order valence-corrected chi connectivity index (χ3v) is 1.85. The van der Waals surface area contributed by atoms with Crippen molar-refractivity contribution in [2.24, 2.45) is 0 Å². The minimum Gasteiger partial charge on any atom is -0.394 e. The van der Waals surface area contributed by atoms with Gasteiger partial charge in [-0.2, -0.15) is 0 Å². The number of nitrogens with one attached hydrogen (secondary N) is 2. The Bertz CT molecular complexity index is 385. The van der Waals surface area contributed by atoms with Gasteiger partial charge in [0.1, 0.15) is 0 Å². The van der Waals surface area contributed by atoms with Crippen molar-refractivity contribution in [3.8, 4) is 0 Å². The molecule has 1 unspecified atom stereocenters. The molecule has 88 valence electrons. The van der Waals surface area contributed by atoms with Crippen LogP contribution in [0.4, 0.5) is 19.3 Å². The number of hydrogen-bond acceptors (Lipinski definition) is 2. The van der Waals surface area contributed by atoms with E-state index >= 15 is 0 Å². The van der Waals surface area contributed by atoms with Crippen molar-refractivity contribution in [1.29, 1.82) is 0 Å².